The van der Waals surface area contributed by atoms with Gasteiger partial charge in [0.1, 0.15) is 4.88 Å². The van der Waals surface area contributed by atoms with Crippen LogP contribution in [0.2, 0.25) is 0 Å². The van der Waals surface area contributed by atoms with E-state index in [1.54, 1.807) is 0 Å². The predicted octanol–water partition coefficient (Wildman–Crippen LogP) is -1.00. The number of nitrogens with one attached hydrogen (secondary N) is 2. The zero-order valence-electron chi connectivity index (χ0n) is 7.93. The summed E-state index contributed by atoms with van der Waals surface area (Å²) in [5, 5.41) is 0. The molecule has 0 atom stereocenters. The van der Waals surface area contributed by atoms with Gasteiger partial charge < -0.3 is 10.5 Å². The van der Waals surface area contributed by atoms with Gasteiger partial charge in [0, 0.05) is 0 Å². The molecule has 0 radical (unpaired) electrons. The van der Waals surface area contributed by atoms with Gasteiger partial charge in [0.25, 0.3) is 11.8 Å². The molecule has 0 bridgehead atoms. The third kappa shape index (κ3) is 3.92. The zero-order chi connectivity index (χ0) is 12.0. The first-order valence-corrected chi connectivity index (χ1v) is 4.87. The molecule has 0 saturated heterocycles. The van der Waals surface area contributed by atoms with Crippen LogP contribution in [-0.4, -0.2) is 29.5 Å². The van der Waals surface area contributed by atoms with E-state index in [0.29, 0.717) is 4.88 Å². The Kier molecular flexibility index (Phi) is 4.21. The van der Waals surface area contributed by atoms with Crippen molar-refractivity contribution in [3.05, 3.63) is 16.6 Å². The van der Waals surface area contributed by atoms with Crippen molar-refractivity contribution in [3.63, 3.8) is 0 Å². The second kappa shape index (κ2) is 5.66. The van der Waals surface area contributed by atoms with Crippen LogP contribution < -0.4 is 16.6 Å². The van der Waals surface area contributed by atoms with Crippen LogP contribution in [0.1, 0.15) is 9.67 Å². The number of nitrogens with zero attached hydrogens (tertiary/aromatic N) is 1. The van der Waals surface area contributed by atoms with Gasteiger partial charge in [-0.3, -0.25) is 25.4 Å². The number of rotatable bonds is 3. The van der Waals surface area contributed by atoms with Crippen LogP contribution in [0.5, 0.6) is 0 Å². The van der Waals surface area contributed by atoms with Gasteiger partial charge in [0.05, 0.1) is 11.7 Å². The monoisotopic (exact) mass is 244 g/mol. The number of primary amides is 1. The molecule has 0 spiro atoms. The van der Waals surface area contributed by atoms with Crippen molar-refractivity contribution in [2.75, 3.05) is 6.61 Å². The van der Waals surface area contributed by atoms with Crippen LogP contribution >= 0.6 is 11.3 Å². The van der Waals surface area contributed by atoms with Gasteiger partial charge in [0.2, 0.25) is 0 Å². The lowest BCUT2D eigenvalue weighted by Gasteiger charge is -2.05. The molecule has 0 saturated carbocycles. The molecule has 1 aromatic rings. The van der Waals surface area contributed by atoms with Crippen molar-refractivity contribution >= 4 is 29.2 Å². The van der Waals surface area contributed by atoms with Crippen molar-refractivity contribution < 1.29 is 19.1 Å². The van der Waals surface area contributed by atoms with Crippen LogP contribution in [0, 0.1) is 0 Å². The van der Waals surface area contributed by atoms with E-state index in [-0.39, 0.29) is 0 Å². The summed E-state index contributed by atoms with van der Waals surface area (Å²) >= 11 is 1.12. The minimum atomic E-state index is -1.07. The van der Waals surface area contributed by atoms with Gasteiger partial charge >= 0.3 is 6.09 Å². The first-order chi connectivity index (χ1) is 7.59. The average Bonchev–Trinajstić information content (AvgIpc) is 2.76. The zero-order valence-corrected chi connectivity index (χ0v) is 8.74. The Morgan fingerprint density at radius 3 is 2.75 bits per heavy atom. The molecule has 0 unspecified atom stereocenters. The Bertz CT molecular complexity index is 391. The summed E-state index contributed by atoms with van der Waals surface area (Å²) in [7, 11) is 0. The quantitative estimate of drug-likeness (QED) is 0.588. The van der Waals surface area contributed by atoms with Crippen LogP contribution in [0.3, 0.4) is 0 Å². The number of thiazole rings is 1. The largest absolute Gasteiger partial charge is 0.440 e. The molecular formula is C7H8N4O4S. The van der Waals surface area contributed by atoms with E-state index in [4.69, 9.17) is 0 Å². The third-order valence-electron chi connectivity index (χ3n) is 1.32. The molecule has 86 valence electrons. The van der Waals surface area contributed by atoms with E-state index >= 15 is 0 Å². The minimum Gasteiger partial charge on any atom is -0.440 e. The lowest BCUT2D eigenvalue weighted by Crippen LogP contribution is -2.43. The molecule has 3 amide bonds. The Labute approximate surface area is 93.8 Å². The van der Waals surface area contributed by atoms with Crippen LogP contribution in [0.25, 0.3) is 0 Å². The maximum Gasteiger partial charge on any atom is 0.405 e. The Hall–Kier alpha value is -2.16. The second-order valence-corrected chi connectivity index (χ2v) is 3.36. The van der Waals surface area contributed by atoms with Gasteiger partial charge in [-0.25, -0.2) is 4.79 Å². The van der Waals surface area contributed by atoms with Gasteiger partial charge in [-0.15, -0.1) is 11.3 Å². The highest BCUT2D eigenvalue weighted by Gasteiger charge is 2.09. The highest BCUT2D eigenvalue weighted by atomic mass is 32.1. The maximum atomic E-state index is 11.3. The Balaban J connectivity index is 2.27. The van der Waals surface area contributed by atoms with E-state index < -0.39 is 24.5 Å². The van der Waals surface area contributed by atoms with E-state index in [2.05, 4.69) is 20.9 Å². The molecule has 0 fully saturated rings. The number of carbonyl (C=O) groups excluding carboxylic acids is 3. The number of aromatic nitrogens is 1. The molecular weight excluding hydrogens is 236 g/mol. The first kappa shape index (κ1) is 11.9. The smallest absolute Gasteiger partial charge is 0.405 e. The van der Waals surface area contributed by atoms with Crippen LogP contribution in [-0.2, 0) is 9.53 Å². The van der Waals surface area contributed by atoms with E-state index in [0.717, 1.165) is 11.3 Å². The Morgan fingerprint density at radius 2 is 2.19 bits per heavy atom. The topological polar surface area (TPSA) is 123 Å². The summed E-state index contributed by atoms with van der Waals surface area (Å²) < 4.78 is 4.19. The van der Waals surface area contributed by atoms with Crippen molar-refractivity contribution in [1.29, 1.82) is 0 Å². The van der Waals surface area contributed by atoms with E-state index in [1.807, 2.05) is 5.43 Å². The number of amides is 3. The number of hydrogen-bond donors (Lipinski definition) is 3. The fourth-order valence-electron chi connectivity index (χ4n) is 0.689. The van der Waals surface area contributed by atoms with Gasteiger partial charge in [-0.1, -0.05) is 0 Å². The molecule has 1 heterocycles. The number of nitrogens with two attached hydrogens (primary N) is 1. The number of carbonyl (C=O) groups is 3. The molecule has 16 heavy (non-hydrogen) atoms. The average molecular weight is 244 g/mol. The normalized spacial score (nSPS) is 9.25. The number of hydrogen-bond acceptors (Lipinski definition) is 6. The minimum absolute atomic E-state index is 0.344. The molecule has 0 aliphatic carbocycles. The summed E-state index contributed by atoms with van der Waals surface area (Å²) in [5.41, 5.74) is 10.3. The molecule has 1 rings (SSSR count). The van der Waals surface area contributed by atoms with Gasteiger partial charge in [-0.05, 0) is 0 Å². The standard InChI is InChI=1S/C7H8N4O4S/c8-7(14)15-2-5(12)10-11-6(13)4-1-9-3-16-4/h1,3H,2H2,(H2,8,14)(H,10,12)(H,11,13). The summed E-state index contributed by atoms with van der Waals surface area (Å²) in [6.07, 6.45) is 0.287. The summed E-state index contributed by atoms with van der Waals surface area (Å²) in [4.78, 5) is 36.4. The number of hydrazine groups is 1. The summed E-state index contributed by atoms with van der Waals surface area (Å²) in [5.74, 6) is -1.20. The molecule has 8 nitrogen and oxygen atoms in total. The lowest BCUT2D eigenvalue weighted by atomic mass is 10.5. The highest BCUT2D eigenvalue weighted by Crippen LogP contribution is 2.03. The summed E-state index contributed by atoms with van der Waals surface area (Å²) in [6.45, 7) is -0.557. The first-order valence-electron chi connectivity index (χ1n) is 3.99. The Morgan fingerprint density at radius 1 is 1.44 bits per heavy atom. The van der Waals surface area contributed by atoms with Gasteiger partial charge in [0.15, 0.2) is 6.61 Å². The van der Waals surface area contributed by atoms with Crippen LogP contribution in [0.4, 0.5) is 4.79 Å². The fourth-order valence-corrected chi connectivity index (χ4v) is 1.20. The van der Waals surface area contributed by atoms with Gasteiger partial charge in [-0.2, -0.15) is 0 Å². The third-order valence-corrected chi connectivity index (χ3v) is 2.09. The maximum absolute atomic E-state index is 11.3. The molecule has 0 aliphatic rings. The molecule has 1 aromatic heterocycles. The van der Waals surface area contributed by atoms with Crippen molar-refractivity contribution in [2.24, 2.45) is 5.73 Å². The van der Waals surface area contributed by atoms with Crippen molar-refractivity contribution in [1.82, 2.24) is 15.8 Å². The molecule has 0 aromatic carbocycles. The predicted molar refractivity (Wildman–Crippen MR) is 53.3 cm³/mol. The lowest BCUT2D eigenvalue weighted by molar-refractivity contribution is -0.124. The summed E-state index contributed by atoms with van der Waals surface area (Å²) in [6, 6.07) is 0. The molecule has 9 heteroatoms. The highest BCUT2D eigenvalue weighted by molar-refractivity contribution is 7.11. The van der Waals surface area contributed by atoms with Crippen molar-refractivity contribution in [3.8, 4) is 0 Å². The fraction of sp³-hybridized carbons (Fsp3) is 0.143. The SMILES string of the molecule is NC(=O)OCC(=O)NNC(=O)c1cncs1. The van der Waals surface area contributed by atoms with Crippen LogP contribution in [0.15, 0.2) is 11.7 Å². The van der Waals surface area contributed by atoms with Crippen molar-refractivity contribution in [2.45, 2.75) is 0 Å². The number of ether oxygens (including phenoxy) is 1. The molecule has 4 N–H and O–H groups in total. The van der Waals surface area contributed by atoms with E-state index in [1.165, 1.54) is 11.7 Å². The second-order valence-electron chi connectivity index (χ2n) is 2.48. The molecule has 0 aliphatic heterocycles. The van der Waals surface area contributed by atoms with E-state index in [9.17, 15) is 14.4 Å².